The highest BCUT2D eigenvalue weighted by molar-refractivity contribution is 6.31. The fourth-order valence-electron chi connectivity index (χ4n) is 2.92. The third-order valence-electron chi connectivity index (χ3n) is 4.34. The van der Waals surface area contributed by atoms with Gasteiger partial charge in [0.25, 0.3) is 5.91 Å². The molecule has 1 aromatic carbocycles. The molecule has 0 saturated carbocycles. The van der Waals surface area contributed by atoms with Crippen LogP contribution in [0, 0.1) is 20.8 Å². The zero-order chi connectivity index (χ0) is 18.8. The quantitative estimate of drug-likeness (QED) is 0.749. The molecule has 3 rings (SSSR count). The molecule has 136 valence electrons. The van der Waals surface area contributed by atoms with Gasteiger partial charge in [-0.2, -0.15) is 10.2 Å². The average molecular weight is 372 g/mol. The largest absolute Gasteiger partial charge is 0.346 e. The summed E-state index contributed by atoms with van der Waals surface area (Å²) in [6, 6.07) is 9.51. The summed E-state index contributed by atoms with van der Waals surface area (Å²) >= 11 is 6.21. The molecular formula is C19H22ClN5O. The molecule has 2 aromatic heterocycles. The number of hydrogen-bond donors (Lipinski definition) is 1. The SMILES string of the molecule is Cc1cc(CNC(=O)c2cccc(Cn3nc(C)c(Cl)c3C)c2)n(C)n1. The Morgan fingerprint density at radius 1 is 1.19 bits per heavy atom. The second-order valence-electron chi connectivity index (χ2n) is 6.43. The Labute approximate surface area is 157 Å². The van der Waals surface area contributed by atoms with Gasteiger partial charge in [-0.25, -0.2) is 0 Å². The van der Waals surface area contributed by atoms with E-state index in [4.69, 9.17) is 11.6 Å². The van der Waals surface area contributed by atoms with E-state index in [0.717, 1.165) is 28.3 Å². The standard InChI is InChI=1S/C19H22ClN5O/c1-12-8-17(24(4)22-12)10-21-19(26)16-7-5-6-15(9-16)11-25-14(3)18(20)13(2)23-25/h5-9H,10-11H2,1-4H3,(H,21,26). The number of benzene rings is 1. The van der Waals surface area contributed by atoms with Gasteiger partial charge in [0.2, 0.25) is 0 Å². The van der Waals surface area contributed by atoms with Crippen molar-refractivity contribution in [1.82, 2.24) is 24.9 Å². The third kappa shape index (κ3) is 3.80. The number of aryl methyl sites for hydroxylation is 3. The Hall–Kier alpha value is -2.60. The monoisotopic (exact) mass is 371 g/mol. The molecule has 26 heavy (non-hydrogen) atoms. The first-order valence-electron chi connectivity index (χ1n) is 8.41. The Morgan fingerprint density at radius 2 is 1.96 bits per heavy atom. The first-order valence-corrected chi connectivity index (χ1v) is 8.79. The van der Waals surface area contributed by atoms with Crippen LogP contribution in [0.1, 0.15) is 38.7 Å². The number of carbonyl (C=O) groups is 1. The molecule has 0 aliphatic heterocycles. The van der Waals surface area contributed by atoms with Crippen LogP contribution < -0.4 is 5.32 Å². The van der Waals surface area contributed by atoms with Crippen molar-refractivity contribution >= 4 is 17.5 Å². The number of halogens is 1. The number of carbonyl (C=O) groups excluding carboxylic acids is 1. The molecule has 1 N–H and O–H groups in total. The van der Waals surface area contributed by atoms with E-state index in [9.17, 15) is 4.79 Å². The first-order chi connectivity index (χ1) is 12.3. The number of hydrogen-bond acceptors (Lipinski definition) is 3. The van der Waals surface area contributed by atoms with E-state index in [1.165, 1.54) is 0 Å². The molecule has 7 heteroatoms. The zero-order valence-corrected chi connectivity index (χ0v) is 16.1. The molecule has 0 fully saturated rings. The topological polar surface area (TPSA) is 64.7 Å². The maximum absolute atomic E-state index is 12.5. The minimum atomic E-state index is -0.114. The highest BCUT2D eigenvalue weighted by Crippen LogP contribution is 2.20. The molecule has 1 amide bonds. The van der Waals surface area contributed by atoms with E-state index >= 15 is 0 Å². The van der Waals surface area contributed by atoms with Gasteiger partial charge >= 0.3 is 0 Å². The van der Waals surface area contributed by atoms with Gasteiger partial charge in [0.15, 0.2) is 0 Å². The fourth-order valence-corrected chi connectivity index (χ4v) is 3.05. The molecule has 6 nitrogen and oxygen atoms in total. The van der Waals surface area contributed by atoms with Crippen LogP contribution >= 0.6 is 11.6 Å². The maximum Gasteiger partial charge on any atom is 0.251 e. The van der Waals surface area contributed by atoms with Crippen molar-refractivity contribution in [3.8, 4) is 0 Å². The molecule has 0 aliphatic carbocycles. The van der Waals surface area contributed by atoms with E-state index in [1.807, 2.05) is 62.8 Å². The van der Waals surface area contributed by atoms with Crippen molar-refractivity contribution in [3.05, 3.63) is 69.3 Å². The number of aromatic nitrogens is 4. The lowest BCUT2D eigenvalue weighted by Crippen LogP contribution is -2.24. The van der Waals surface area contributed by atoms with Crippen molar-refractivity contribution in [2.75, 3.05) is 0 Å². The second-order valence-corrected chi connectivity index (χ2v) is 6.80. The Bertz CT molecular complexity index is 957. The molecule has 0 radical (unpaired) electrons. The molecule has 0 unspecified atom stereocenters. The Morgan fingerprint density at radius 3 is 2.58 bits per heavy atom. The van der Waals surface area contributed by atoms with Gasteiger partial charge in [0.05, 0.1) is 40.9 Å². The van der Waals surface area contributed by atoms with E-state index in [2.05, 4.69) is 15.5 Å². The van der Waals surface area contributed by atoms with Crippen molar-refractivity contribution < 1.29 is 4.79 Å². The lowest BCUT2D eigenvalue weighted by Gasteiger charge is -2.08. The number of nitrogens with one attached hydrogen (secondary N) is 1. The maximum atomic E-state index is 12.5. The van der Waals surface area contributed by atoms with Crippen molar-refractivity contribution in [3.63, 3.8) is 0 Å². The lowest BCUT2D eigenvalue weighted by molar-refractivity contribution is 0.0950. The molecule has 0 bridgehead atoms. The number of amides is 1. The Kier molecular flexibility index (Phi) is 5.13. The number of rotatable bonds is 5. The van der Waals surface area contributed by atoms with Gasteiger partial charge in [0.1, 0.15) is 0 Å². The molecule has 3 aromatic rings. The van der Waals surface area contributed by atoms with Gasteiger partial charge in [0, 0.05) is 12.6 Å². The minimum absolute atomic E-state index is 0.114. The van der Waals surface area contributed by atoms with Crippen molar-refractivity contribution in [1.29, 1.82) is 0 Å². The molecule has 0 spiro atoms. The molecule has 0 aliphatic rings. The van der Waals surface area contributed by atoms with Crippen LogP contribution in [0.15, 0.2) is 30.3 Å². The third-order valence-corrected chi connectivity index (χ3v) is 4.89. The normalized spacial score (nSPS) is 11.0. The minimum Gasteiger partial charge on any atom is -0.346 e. The van der Waals surface area contributed by atoms with Crippen LogP contribution in [-0.4, -0.2) is 25.5 Å². The summed E-state index contributed by atoms with van der Waals surface area (Å²) in [6.07, 6.45) is 0. The summed E-state index contributed by atoms with van der Waals surface area (Å²) in [7, 11) is 1.87. The number of nitrogens with zero attached hydrogens (tertiary/aromatic N) is 4. The van der Waals surface area contributed by atoms with Gasteiger partial charge < -0.3 is 5.32 Å². The molecule has 2 heterocycles. The highest BCUT2D eigenvalue weighted by Gasteiger charge is 2.11. The molecular weight excluding hydrogens is 350 g/mol. The van der Waals surface area contributed by atoms with Crippen LogP contribution in [0.4, 0.5) is 0 Å². The predicted molar refractivity (Wildman–Crippen MR) is 101 cm³/mol. The Balaban J connectivity index is 1.71. The lowest BCUT2D eigenvalue weighted by atomic mass is 10.1. The van der Waals surface area contributed by atoms with Crippen LogP contribution in [0.25, 0.3) is 0 Å². The highest BCUT2D eigenvalue weighted by atomic mass is 35.5. The fraction of sp³-hybridized carbons (Fsp3) is 0.316. The van der Waals surface area contributed by atoms with Crippen molar-refractivity contribution in [2.45, 2.75) is 33.9 Å². The van der Waals surface area contributed by atoms with Gasteiger partial charge in [-0.1, -0.05) is 23.7 Å². The van der Waals surface area contributed by atoms with Crippen LogP contribution in [0.2, 0.25) is 5.02 Å². The van der Waals surface area contributed by atoms with E-state index in [0.29, 0.717) is 23.7 Å². The van der Waals surface area contributed by atoms with Crippen molar-refractivity contribution in [2.24, 2.45) is 7.05 Å². The summed E-state index contributed by atoms with van der Waals surface area (Å²) in [5, 5.41) is 12.4. The average Bonchev–Trinajstić information content (AvgIpc) is 3.06. The molecule has 0 atom stereocenters. The summed E-state index contributed by atoms with van der Waals surface area (Å²) in [5.74, 6) is -0.114. The first kappa shape index (κ1) is 18.2. The summed E-state index contributed by atoms with van der Waals surface area (Å²) in [4.78, 5) is 12.5. The van der Waals surface area contributed by atoms with Gasteiger partial charge in [-0.15, -0.1) is 0 Å². The summed E-state index contributed by atoms with van der Waals surface area (Å²) in [5.41, 5.74) is 5.24. The molecule has 0 saturated heterocycles. The van der Waals surface area contributed by atoms with E-state index in [-0.39, 0.29) is 5.91 Å². The smallest absolute Gasteiger partial charge is 0.251 e. The van der Waals surface area contributed by atoms with Crippen LogP contribution in [0.3, 0.4) is 0 Å². The predicted octanol–water partition coefficient (Wildman–Crippen LogP) is 3.17. The van der Waals surface area contributed by atoms with Crippen LogP contribution in [0.5, 0.6) is 0 Å². The van der Waals surface area contributed by atoms with Gasteiger partial charge in [-0.3, -0.25) is 14.2 Å². The summed E-state index contributed by atoms with van der Waals surface area (Å²) < 4.78 is 3.63. The van der Waals surface area contributed by atoms with Gasteiger partial charge in [-0.05, 0) is 44.5 Å². The van der Waals surface area contributed by atoms with Crippen LogP contribution in [-0.2, 0) is 20.1 Å². The summed E-state index contributed by atoms with van der Waals surface area (Å²) in [6.45, 7) is 6.76. The zero-order valence-electron chi connectivity index (χ0n) is 15.4. The second kappa shape index (κ2) is 7.33. The van der Waals surface area contributed by atoms with E-state index < -0.39 is 0 Å². The van der Waals surface area contributed by atoms with E-state index in [1.54, 1.807) is 4.68 Å².